The topological polar surface area (TPSA) is 85.3 Å². The Bertz CT molecular complexity index is 1060. The molecule has 1 heterocycles. The van der Waals surface area contributed by atoms with Gasteiger partial charge in [0.05, 0.1) is 13.2 Å². The van der Waals surface area contributed by atoms with Crippen LogP contribution in [0.25, 0.3) is 0 Å². The highest BCUT2D eigenvalue weighted by molar-refractivity contribution is 5.84. The molecule has 7 nitrogen and oxygen atoms in total. The zero-order valence-electron chi connectivity index (χ0n) is 22.4. The van der Waals surface area contributed by atoms with Crippen molar-refractivity contribution in [1.29, 1.82) is 0 Å². The van der Waals surface area contributed by atoms with Gasteiger partial charge in [0.1, 0.15) is 5.60 Å². The summed E-state index contributed by atoms with van der Waals surface area (Å²) in [6.45, 7) is 11.7. The van der Waals surface area contributed by atoms with E-state index in [0.29, 0.717) is 24.6 Å². The van der Waals surface area contributed by atoms with Gasteiger partial charge >= 0.3 is 5.97 Å². The standard InChI is InChI=1S/C29H39NO6/c1-19(31)29(6)18-30(27(33)26(35-20(2)32)15-21-11-9-8-10-12-21)17-23(29)22-13-14-24(34-7)25(16-22)36-28(3,4)5/h8-14,16,19,23,26,31H,15,17-18H2,1-7H3/t19-,23+,26+,29+/m1/s1. The molecule has 7 heteroatoms. The van der Waals surface area contributed by atoms with Crippen LogP contribution in [0.15, 0.2) is 48.5 Å². The summed E-state index contributed by atoms with van der Waals surface area (Å²) in [6, 6.07) is 15.3. The van der Waals surface area contributed by atoms with E-state index in [1.54, 1.807) is 18.9 Å². The van der Waals surface area contributed by atoms with Gasteiger partial charge in [-0.3, -0.25) is 9.59 Å². The van der Waals surface area contributed by atoms with Gasteiger partial charge in [0.15, 0.2) is 17.6 Å². The van der Waals surface area contributed by atoms with Crippen LogP contribution in [0.2, 0.25) is 0 Å². The number of esters is 1. The molecule has 1 fully saturated rings. The molecular formula is C29H39NO6. The summed E-state index contributed by atoms with van der Waals surface area (Å²) in [6.07, 6.45) is -1.33. The van der Waals surface area contributed by atoms with E-state index >= 15 is 0 Å². The number of aliphatic hydroxyl groups is 1. The number of hydrogen-bond acceptors (Lipinski definition) is 6. The first kappa shape index (κ1) is 27.5. The molecule has 1 saturated heterocycles. The summed E-state index contributed by atoms with van der Waals surface area (Å²) in [5, 5.41) is 10.8. The van der Waals surface area contributed by atoms with Crippen LogP contribution in [0.1, 0.15) is 58.6 Å². The van der Waals surface area contributed by atoms with Gasteiger partial charge in [-0.25, -0.2) is 0 Å². The number of hydrogen-bond donors (Lipinski definition) is 1. The van der Waals surface area contributed by atoms with Crippen LogP contribution >= 0.6 is 0 Å². The Balaban J connectivity index is 1.93. The Hall–Kier alpha value is -3.06. The van der Waals surface area contributed by atoms with Crippen molar-refractivity contribution in [2.75, 3.05) is 20.2 Å². The molecule has 3 rings (SSSR count). The van der Waals surface area contributed by atoms with Crippen molar-refractivity contribution < 1.29 is 28.9 Å². The lowest BCUT2D eigenvalue weighted by atomic mass is 9.72. The third-order valence-electron chi connectivity index (χ3n) is 6.85. The van der Waals surface area contributed by atoms with E-state index in [1.165, 1.54) is 6.92 Å². The van der Waals surface area contributed by atoms with Crippen LogP contribution in [0.4, 0.5) is 0 Å². The number of ether oxygens (including phenoxy) is 3. The van der Waals surface area contributed by atoms with Crippen LogP contribution in [0.5, 0.6) is 11.5 Å². The SMILES string of the molecule is COc1ccc([C@@H]2CN(C(=O)[C@H](Cc3ccccc3)OC(C)=O)C[C@@]2(C)[C@@H](C)O)cc1OC(C)(C)C. The first-order chi connectivity index (χ1) is 16.8. The quantitative estimate of drug-likeness (QED) is 0.546. The predicted molar refractivity (Wildman–Crippen MR) is 138 cm³/mol. The van der Waals surface area contributed by atoms with Crippen molar-refractivity contribution in [1.82, 2.24) is 4.90 Å². The van der Waals surface area contributed by atoms with Gasteiger partial charge in [0, 0.05) is 37.8 Å². The molecule has 0 aromatic heterocycles. The largest absolute Gasteiger partial charge is 0.493 e. The number of nitrogens with zero attached hydrogens (tertiary/aromatic N) is 1. The second kappa shape index (κ2) is 10.9. The maximum Gasteiger partial charge on any atom is 0.303 e. The summed E-state index contributed by atoms with van der Waals surface area (Å²) < 4.78 is 17.1. The molecule has 4 atom stereocenters. The first-order valence-corrected chi connectivity index (χ1v) is 12.4. The number of amides is 1. The lowest BCUT2D eigenvalue weighted by Gasteiger charge is -2.34. The molecule has 1 amide bonds. The van der Waals surface area contributed by atoms with E-state index in [2.05, 4.69) is 0 Å². The number of aliphatic hydroxyl groups excluding tert-OH is 1. The molecule has 0 bridgehead atoms. The van der Waals surface area contributed by atoms with Gasteiger partial charge in [0.2, 0.25) is 0 Å². The maximum absolute atomic E-state index is 13.7. The molecule has 1 aliphatic rings. The number of likely N-dealkylation sites (tertiary alicyclic amines) is 1. The van der Waals surface area contributed by atoms with Crippen molar-refractivity contribution in [3.63, 3.8) is 0 Å². The fourth-order valence-electron chi connectivity index (χ4n) is 4.82. The number of carbonyl (C=O) groups is 2. The molecule has 1 aliphatic heterocycles. The summed E-state index contributed by atoms with van der Waals surface area (Å²) in [5.74, 6) is 0.308. The average molecular weight is 498 g/mol. The highest BCUT2D eigenvalue weighted by Gasteiger charge is 2.49. The number of methoxy groups -OCH3 is 1. The molecule has 0 radical (unpaired) electrons. The number of benzene rings is 2. The minimum Gasteiger partial charge on any atom is -0.493 e. The zero-order chi connectivity index (χ0) is 26.7. The van der Waals surface area contributed by atoms with Gasteiger partial charge in [-0.05, 0) is 51.0 Å². The second-order valence-electron chi connectivity index (χ2n) is 10.9. The molecule has 1 N–H and O–H groups in total. The summed E-state index contributed by atoms with van der Waals surface area (Å²) >= 11 is 0. The summed E-state index contributed by atoms with van der Waals surface area (Å²) in [5.41, 5.74) is 0.814. The normalized spacial score (nSPS) is 21.6. The fraction of sp³-hybridized carbons (Fsp3) is 0.517. The molecule has 0 spiro atoms. The van der Waals surface area contributed by atoms with E-state index < -0.39 is 29.2 Å². The third-order valence-corrected chi connectivity index (χ3v) is 6.85. The minimum absolute atomic E-state index is 0.163. The lowest BCUT2D eigenvalue weighted by molar-refractivity contribution is -0.158. The van der Waals surface area contributed by atoms with Crippen molar-refractivity contribution in [2.24, 2.45) is 5.41 Å². The fourth-order valence-corrected chi connectivity index (χ4v) is 4.82. The van der Waals surface area contributed by atoms with Gasteiger partial charge < -0.3 is 24.2 Å². The number of rotatable bonds is 8. The molecular weight excluding hydrogens is 458 g/mol. The van der Waals surface area contributed by atoms with Crippen LogP contribution < -0.4 is 9.47 Å². The van der Waals surface area contributed by atoms with Crippen LogP contribution in [0.3, 0.4) is 0 Å². The summed E-state index contributed by atoms with van der Waals surface area (Å²) in [4.78, 5) is 27.2. The Morgan fingerprint density at radius 2 is 1.81 bits per heavy atom. The van der Waals surface area contributed by atoms with E-state index in [4.69, 9.17) is 14.2 Å². The Morgan fingerprint density at radius 1 is 1.14 bits per heavy atom. The van der Waals surface area contributed by atoms with Crippen molar-refractivity contribution >= 4 is 11.9 Å². The zero-order valence-corrected chi connectivity index (χ0v) is 22.4. The third kappa shape index (κ3) is 6.38. The summed E-state index contributed by atoms with van der Waals surface area (Å²) in [7, 11) is 1.60. The predicted octanol–water partition coefficient (Wildman–Crippen LogP) is 4.36. The van der Waals surface area contributed by atoms with Crippen molar-refractivity contribution in [3.8, 4) is 11.5 Å². The average Bonchev–Trinajstić information content (AvgIpc) is 3.16. The highest BCUT2D eigenvalue weighted by Crippen LogP contribution is 2.47. The Labute approximate surface area is 214 Å². The van der Waals surface area contributed by atoms with E-state index in [0.717, 1.165) is 11.1 Å². The van der Waals surface area contributed by atoms with E-state index in [9.17, 15) is 14.7 Å². The van der Waals surface area contributed by atoms with Crippen LogP contribution in [0, 0.1) is 5.41 Å². The molecule has 0 saturated carbocycles. The molecule has 2 aromatic carbocycles. The minimum atomic E-state index is -0.933. The molecule has 2 aromatic rings. The molecule has 0 aliphatic carbocycles. The maximum atomic E-state index is 13.7. The van der Waals surface area contributed by atoms with Crippen molar-refractivity contribution in [3.05, 3.63) is 59.7 Å². The van der Waals surface area contributed by atoms with Crippen molar-refractivity contribution in [2.45, 2.75) is 71.7 Å². The lowest BCUT2D eigenvalue weighted by Crippen LogP contribution is -2.43. The van der Waals surface area contributed by atoms with Crippen LogP contribution in [-0.4, -0.2) is 59.9 Å². The van der Waals surface area contributed by atoms with E-state index in [-0.39, 0.29) is 18.2 Å². The molecule has 36 heavy (non-hydrogen) atoms. The number of carbonyl (C=O) groups excluding carboxylic acids is 2. The van der Waals surface area contributed by atoms with Gasteiger partial charge in [0.25, 0.3) is 5.91 Å². The first-order valence-electron chi connectivity index (χ1n) is 12.4. The smallest absolute Gasteiger partial charge is 0.303 e. The molecule has 0 unspecified atom stereocenters. The Morgan fingerprint density at radius 3 is 2.36 bits per heavy atom. The molecule has 196 valence electrons. The monoisotopic (exact) mass is 497 g/mol. The van der Waals surface area contributed by atoms with Gasteiger partial charge in [-0.1, -0.05) is 43.3 Å². The van der Waals surface area contributed by atoms with Crippen LogP contribution in [-0.2, 0) is 20.7 Å². The highest BCUT2D eigenvalue weighted by atomic mass is 16.5. The van der Waals surface area contributed by atoms with E-state index in [1.807, 2.05) is 76.2 Å². The second-order valence-corrected chi connectivity index (χ2v) is 10.9. The van der Waals surface area contributed by atoms with Gasteiger partial charge in [-0.2, -0.15) is 0 Å². The Kier molecular flexibility index (Phi) is 8.34. The van der Waals surface area contributed by atoms with Gasteiger partial charge in [-0.15, -0.1) is 0 Å².